The summed E-state index contributed by atoms with van der Waals surface area (Å²) >= 11 is 3.15. The van der Waals surface area contributed by atoms with Gasteiger partial charge in [0.2, 0.25) is 5.88 Å². The molecule has 0 unspecified atom stereocenters. The normalized spacial score (nSPS) is 11.1. The van der Waals surface area contributed by atoms with Crippen LogP contribution in [-0.4, -0.2) is 31.0 Å². The first-order chi connectivity index (χ1) is 9.82. The van der Waals surface area contributed by atoms with Gasteiger partial charge in [-0.3, -0.25) is 4.79 Å². The topological polar surface area (TPSA) is 57.7 Å². The Labute approximate surface area is 127 Å². The van der Waals surface area contributed by atoms with Crippen molar-refractivity contribution >= 4 is 21.9 Å². The average Bonchev–Trinajstić information content (AvgIpc) is 2.39. The highest BCUT2D eigenvalue weighted by molar-refractivity contribution is 9.08. The van der Waals surface area contributed by atoms with Crippen molar-refractivity contribution in [2.45, 2.75) is 25.0 Å². The Hall–Kier alpha value is -1.51. The number of hydrogen-bond acceptors (Lipinski definition) is 5. The van der Waals surface area contributed by atoms with E-state index in [-0.39, 0.29) is 23.2 Å². The number of halogens is 4. The zero-order chi connectivity index (χ0) is 16.0. The highest BCUT2D eigenvalue weighted by atomic mass is 79.9. The Morgan fingerprint density at radius 2 is 2.05 bits per heavy atom. The quantitative estimate of drug-likeness (QED) is 0.568. The molecular weight excluding hydrogens is 359 g/mol. The van der Waals surface area contributed by atoms with Gasteiger partial charge in [-0.1, -0.05) is 15.9 Å². The molecule has 0 saturated carbocycles. The van der Waals surface area contributed by atoms with Crippen LogP contribution in [0.4, 0.5) is 13.2 Å². The van der Waals surface area contributed by atoms with Crippen LogP contribution in [0, 0.1) is 0 Å². The Kier molecular flexibility index (Phi) is 6.25. The number of ether oxygens (including phenoxy) is 3. The summed E-state index contributed by atoms with van der Waals surface area (Å²) < 4.78 is 50.8. The van der Waals surface area contributed by atoms with Crippen molar-refractivity contribution in [3.63, 3.8) is 0 Å². The van der Waals surface area contributed by atoms with Gasteiger partial charge in [-0.2, -0.15) is 0 Å². The summed E-state index contributed by atoms with van der Waals surface area (Å²) in [4.78, 5) is 15.1. The van der Waals surface area contributed by atoms with Crippen molar-refractivity contribution in [3.05, 3.63) is 17.3 Å². The van der Waals surface area contributed by atoms with E-state index in [4.69, 9.17) is 9.47 Å². The van der Waals surface area contributed by atoms with Gasteiger partial charge in [0, 0.05) is 16.5 Å². The zero-order valence-corrected chi connectivity index (χ0v) is 12.9. The summed E-state index contributed by atoms with van der Waals surface area (Å²) in [7, 11) is 1.35. The molecule has 0 aromatic carbocycles. The molecule has 0 spiro atoms. The van der Waals surface area contributed by atoms with Crippen molar-refractivity contribution < 1.29 is 32.2 Å². The van der Waals surface area contributed by atoms with Gasteiger partial charge in [0.05, 0.1) is 26.3 Å². The number of carbonyl (C=O) groups excluding carboxylic acids is 1. The molecule has 0 N–H and O–H groups in total. The second-order valence-corrected chi connectivity index (χ2v) is 4.31. The molecule has 21 heavy (non-hydrogen) atoms. The minimum Gasteiger partial charge on any atom is -0.495 e. The van der Waals surface area contributed by atoms with E-state index >= 15 is 0 Å². The van der Waals surface area contributed by atoms with Crippen LogP contribution >= 0.6 is 15.9 Å². The number of methoxy groups -OCH3 is 1. The van der Waals surface area contributed by atoms with Crippen LogP contribution in [0.3, 0.4) is 0 Å². The van der Waals surface area contributed by atoms with Crippen LogP contribution in [0.25, 0.3) is 0 Å². The van der Waals surface area contributed by atoms with Crippen LogP contribution in [0.5, 0.6) is 11.6 Å². The highest BCUT2D eigenvalue weighted by Crippen LogP contribution is 2.33. The number of nitrogens with zero attached hydrogens (tertiary/aromatic N) is 1. The molecule has 1 aromatic rings. The number of pyridine rings is 1. The van der Waals surface area contributed by atoms with E-state index in [0.29, 0.717) is 5.56 Å². The number of carbonyl (C=O) groups is 1. The molecule has 0 radical (unpaired) electrons. The van der Waals surface area contributed by atoms with Gasteiger partial charge in [0.1, 0.15) is 5.75 Å². The largest absolute Gasteiger partial charge is 0.574 e. The molecule has 9 heteroatoms. The van der Waals surface area contributed by atoms with Gasteiger partial charge >= 0.3 is 12.3 Å². The van der Waals surface area contributed by atoms with Crippen molar-refractivity contribution in [2.24, 2.45) is 0 Å². The molecular formula is C12H13BrF3NO4. The van der Waals surface area contributed by atoms with Crippen LogP contribution in [0.15, 0.2) is 6.20 Å². The lowest BCUT2D eigenvalue weighted by atomic mass is 10.1. The molecule has 0 amide bonds. The number of alkyl halides is 4. The minimum atomic E-state index is -4.91. The van der Waals surface area contributed by atoms with Gasteiger partial charge in [0.25, 0.3) is 0 Å². The Bertz CT molecular complexity index is 508. The molecule has 0 saturated heterocycles. The van der Waals surface area contributed by atoms with Crippen LogP contribution in [-0.2, 0) is 21.3 Å². The third-order valence-electron chi connectivity index (χ3n) is 2.41. The van der Waals surface area contributed by atoms with E-state index in [2.05, 4.69) is 25.7 Å². The van der Waals surface area contributed by atoms with E-state index in [1.807, 2.05) is 0 Å². The molecule has 1 aromatic heterocycles. The van der Waals surface area contributed by atoms with Crippen LogP contribution in [0.1, 0.15) is 18.1 Å². The van der Waals surface area contributed by atoms with E-state index in [1.165, 1.54) is 7.11 Å². The first-order valence-corrected chi connectivity index (χ1v) is 6.96. The summed E-state index contributed by atoms with van der Waals surface area (Å²) in [6, 6.07) is 0. The van der Waals surface area contributed by atoms with Gasteiger partial charge in [-0.15, -0.1) is 13.2 Å². The van der Waals surface area contributed by atoms with Gasteiger partial charge in [-0.05, 0) is 6.92 Å². The first-order valence-electron chi connectivity index (χ1n) is 5.84. The van der Waals surface area contributed by atoms with E-state index in [0.717, 1.165) is 6.20 Å². The first kappa shape index (κ1) is 17.5. The predicted molar refractivity (Wildman–Crippen MR) is 70.4 cm³/mol. The molecule has 0 aliphatic rings. The number of aromatic nitrogens is 1. The van der Waals surface area contributed by atoms with E-state index in [1.54, 1.807) is 6.92 Å². The number of hydrogen-bond donors (Lipinski definition) is 0. The smallest absolute Gasteiger partial charge is 0.495 e. The lowest BCUT2D eigenvalue weighted by Crippen LogP contribution is -2.21. The minimum absolute atomic E-state index is 0.0259. The maximum Gasteiger partial charge on any atom is 0.574 e. The fourth-order valence-corrected chi connectivity index (χ4v) is 2.22. The molecule has 0 bridgehead atoms. The van der Waals surface area contributed by atoms with Crippen molar-refractivity contribution in [2.75, 3.05) is 13.7 Å². The Morgan fingerprint density at radius 1 is 1.38 bits per heavy atom. The third kappa shape index (κ3) is 5.07. The molecule has 0 aliphatic heterocycles. The summed E-state index contributed by atoms with van der Waals surface area (Å²) in [5.74, 6) is -1.12. The average molecular weight is 372 g/mol. The lowest BCUT2D eigenvalue weighted by molar-refractivity contribution is -0.276. The summed E-state index contributed by atoms with van der Waals surface area (Å²) in [6.07, 6.45) is -4.20. The van der Waals surface area contributed by atoms with Crippen LogP contribution < -0.4 is 9.47 Å². The van der Waals surface area contributed by atoms with Gasteiger partial charge < -0.3 is 14.2 Å². The molecule has 0 fully saturated rings. The summed E-state index contributed by atoms with van der Waals surface area (Å²) in [6.45, 7) is 1.72. The fourth-order valence-electron chi connectivity index (χ4n) is 1.61. The Morgan fingerprint density at radius 3 is 2.52 bits per heavy atom. The maximum atomic E-state index is 12.4. The standard InChI is InChI=1S/C12H13BrF3NO4/c1-3-20-10(18)4-7-8(5-13)9(19-2)6-17-11(7)21-12(14,15)16/h6H,3-5H2,1-2H3. The molecule has 1 heterocycles. The molecule has 0 aliphatic carbocycles. The van der Waals surface area contributed by atoms with Crippen molar-refractivity contribution in [1.29, 1.82) is 0 Å². The monoisotopic (exact) mass is 371 g/mol. The van der Waals surface area contributed by atoms with Crippen molar-refractivity contribution in [1.82, 2.24) is 4.98 Å². The van der Waals surface area contributed by atoms with Crippen LogP contribution in [0.2, 0.25) is 0 Å². The molecule has 0 atom stereocenters. The van der Waals surface area contributed by atoms with Gasteiger partial charge in [0.15, 0.2) is 0 Å². The Balaban J connectivity index is 3.26. The number of rotatable bonds is 6. The predicted octanol–water partition coefficient (Wildman–Crippen LogP) is 2.99. The number of esters is 1. The second-order valence-electron chi connectivity index (χ2n) is 3.75. The summed E-state index contributed by atoms with van der Waals surface area (Å²) in [5, 5.41) is 0.168. The maximum absolute atomic E-state index is 12.4. The zero-order valence-electron chi connectivity index (χ0n) is 11.3. The third-order valence-corrected chi connectivity index (χ3v) is 2.97. The van der Waals surface area contributed by atoms with Gasteiger partial charge in [-0.25, -0.2) is 4.98 Å². The fraction of sp³-hybridized carbons (Fsp3) is 0.500. The highest BCUT2D eigenvalue weighted by Gasteiger charge is 2.34. The molecule has 5 nitrogen and oxygen atoms in total. The lowest BCUT2D eigenvalue weighted by Gasteiger charge is -2.16. The second kappa shape index (κ2) is 7.48. The van der Waals surface area contributed by atoms with E-state index in [9.17, 15) is 18.0 Å². The molecule has 118 valence electrons. The molecule has 1 rings (SSSR count). The SMILES string of the molecule is CCOC(=O)Cc1c(OC(F)(F)F)ncc(OC)c1CBr. The van der Waals surface area contributed by atoms with Crippen molar-refractivity contribution in [3.8, 4) is 11.6 Å². The van der Waals surface area contributed by atoms with E-state index < -0.39 is 24.6 Å². The summed E-state index contributed by atoms with van der Waals surface area (Å²) in [5.41, 5.74) is 0.321.